The number of hydrogen-bond acceptors (Lipinski definition) is 6. The number of esters is 3. The molecule has 0 spiro atoms. The van der Waals surface area contributed by atoms with Crippen LogP contribution in [0.4, 0.5) is 0 Å². The summed E-state index contributed by atoms with van der Waals surface area (Å²) < 4.78 is 16.6. The van der Waals surface area contributed by atoms with Crippen LogP contribution in [0.15, 0.2) is 109 Å². The van der Waals surface area contributed by atoms with Gasteiger partial charge in [0.05, 0.1) is 0 Å². The first-order valence-electron chi connectivity index (χ1n) is 24.0. The highest BCUT2D eigenvalue weighted by atomic mass is 16.6. The largest absolute Gasteiger partial charge is 0.462 e. The fourth-order valence-electron chi connectivity index (χ4n) is 6.13. The SMILES string of the molecule is CC\C=C/C=C\C=C/C=C\C=C/CCCC(=O)OC(COC(=O)CCCCCCC\C=C/C=C\C=C/C=C\CCCCC)COC(=O)CCCCCCCCCCCCC. The molecule has 0 heterocycles. The van der Waals surface area contributed by atoms with Gasteiger partial charge in [-0.2, -0.15) is 0 Å². The molecule has 0 aliphatic carbocycles. The Labute approximate surface area is 368 Å². The summed E-state index contributed by atoms with van der Waals surface area (Å²) in [7, 11) is 0. The molecule has 0 aliphatic rings. The molecule has 6 heteroatoms. The molecule has 0 aromatic heterocycles. The highest BCUT2D eigenvalue weighted by Crippen LogP contribution is 2.13. The average Bonchev–Trinajstić information content (AvgIpc) is 3.24. The van der Waals surface area contributed by atoms with Gasteiger partial charge >= 0.3 is 17.9 Å². The Morgan fingerprint density at radius 2 is 0.667 bits per heavy atom. The Morgan fingerprint density at radius 3 is 1.10 bits per heavy atom. The quantitative estimate of drug-likeness (QED) is 0.0264. The van der Waals surface area contributed by atoms with E-state index in [1.807, 2.05) is 54.7 Å². The van der Waals surface area contributed by atoms with Gasteiger partial charge in [0.15, 0.2) is 6.10 Å². The number of ether oxygens (including phenoxy) is 3. The molecular formula is C54H86O6. The van der Waals surface area contributed by atoms with E-state index in [1.54, 1.807) is 0 Å². The van der Waals surface area contributed by atoms with Crippen LogP contribution in [0.3, 0.4) is 0 Å². The normalized spacial score (nSPS) is 13.1. The molecule has 0 aromatic rings. The lowest BCUT2D eigenvalue weighted by atomic mass is 10.1. The zero-order valence-electron chi connectivity index (χ0n) is 38.4. The maximum Gasteiger partial charge on any atom is 0.306 e. The van der Waals surface area contributed by atoms with Crippen molar-refractivity contribution in [2.45, 2.75) is 200 Å². The number of hydrogen-bond donors (Lipinski definition) is 0. The minimum absolute atomic E-state index is 0.115. The van der Waals surface area contributed by atoms with Crippen LogP contribution in [-0.2, 0) is 28.6 Å². The maximum atomic E-state index is 12.7. The van der Waals surface area contributed by atoms with Crippen LogP contribution in [0.5, 0.6) is 0 Å². The molecule has 338 valence electrons. The van der Waals surface area contributed by atoms with Gasteiger partial charge in [0.25, 0.3) is 0 Å². The molecule has 0 saturated carbocycles. The summed E-state index contributed by atoms with van der Waals surface area (Å²) in [6, 6.07) is 0. The molecule has 6 nitrogen and oxygen atoms in total. The Kier molecular flexibility index (Phi) is 44.6. The molecule has 60 heavy (non-hydrogen) atoms. The lowest BCUT2D eigenvalue weighted by Crippen LogP contribution is -2.30. The van der Waals surface area contributed by atoms with Crippen molar-refractivity contribution in [3.63, 3.8) is 0 Å². The molecule has 0 rings (SSSR count). The van der Waals surface area contributed by atoms with Crippen LogP contribution in [-0.4, -0.2) is 37.2 Å². The first-order chi connectivity index (χ1) is 29.5. The van der Waals surface area contributed by atoms with E-state index < -0.39 is 12.1 Å². The molecule has 0 saturated heterocycles. The van der Waals surface area contributed by atoms with Crippen molar-refractivity contribution in [3.05, 3.63) is 109 Å². The lowest BCUT2D eigenvalue weighted by molar-refractivity contribution is -0.167. The van der Waals surface area contributed by atoms with Gasteiger partial charge in [-0.3, -0.25) is 14.4 Å². The summed E-state index contributed by atoms with van der Waals surface area (Å²) in [6.45, 7) is 6.34. The van der Waals surface area contributed by atoms with Gasteiger partial charge in [0.2, 0.25) is 0 Å². The van der Waals surface area contributed by atoms with E-state index in [0.717, 1.165) is 77.0 Å². The van der Waals surface area contributed by atoms with Crippen LogP contribution in [0.2, 0.25) is 0 Å². The first-order valence-corrected chi connectivity index (χ1v) is 24.0. The van der Waals surface area contributed by atoms with Gasteiger partial charge in [0.1, 0.15) is 13.2 Å². The highest BCUT2D eigenvalue weighted by molar-refractivity contribution is 5.71. The Morgan fingerprint density at radius 1 is 0.350 bits per heavy atom. The fraction of sp³-hybridized carbons (Fsp3) is 0.611. The Balaban J connectivity index is 4.53. The van der Waals surface area contributed by atoms with E-state index in [4.69, 9.17) is 14.2 Å². The standard InChI is InChI=1S/C54H86O6/c1-4-7-10-13-16-19-22-24-25-26-27-28-30-32-35-38-41-44-47-53(56)59-50-51(49-58-52(55)46-43-40-37-34-31-21-18-15-12-9-6-3)60-54(57)48-45-42-39-36-33-29-23-20-17-14-11-8-5-2/h8,11,14,16-17,19-20,22-29,33,36,39,51H,4-7,9-10,12-13,15,18,21,30-32,34-35,37-38,40-50H2,1-3H3/b11-8-,17-14-,19-16-,23-20-,24-22-,26-25-,28-27-,33-29-,39-36-. The highest BCUT2D eigenvalue weighted by Gasteiger charge is 2.19. The van der Waals surface area contributed by atoms with Crippen molar-refractivity contribution in [1.29, 1.82) is 0 Å². The third kappa shape index (κ3) is 45.2. The van der Waals surface area contributed by atoms with Gasteiger partial charge in [-0.05, 0) is 57.8 Å². The predicted octanol–water partition coefficient (Wildman–Crippen LogP) is 15.6. The molecule has 0 fully saturated rings. The van der Waals surface area contributed by atoms with Crippen molar-refractivity contribution in [1.82, 2.24) is 0 Å². The zero-order chi connectivity index (χ0) is 43.7. The van der Waals surface area contributed by atoms with Crippen molar-refractivity contribution in [3.8, 4) is 0 Å². The van der Waals surface area contributed by atoms with Crippen molar-refractivity contribution in [2.24, 2.45) is 0 Å². The molecule has 0 N–H and O–H groups in total. The molecular weight excluding hydrogens is 745 g/mol. The summed E-state index contributed by atoms with van der Waals surface area (Å²) in [6.07, 6.45) is 63.6. The van der Waals surface area contributed by atoms with Crippen LogP contribution < -0.4 is 0 Å². The van der Waals surface area contributed by atoms with E-state index >= 15 is 0 Å². The second-order valence-corrected chi connectivity index (χ2v) is 15.5. The molecule has 0 aromatic carbocycles. The Hall–Kier alpha value is -3.93. The summed E-state index contributed by atoms with van der Waals surface area (Å²) in [5, 5.41) is 0. The zero-order valence-corrected chi connectivity index (χ0v) is 38.4. The van der Waals surface area contributed by atoms with Gasteiger partial charge < -0.3 is 14.2 Å². The summed E-state index contributed by atoms with van der Waals surface area (Å²) in [4.78, 5) is 37.8. The number of rotatable bonds is 41. The van der Waals surface area contributed by atoms with Gasteiger partial charge in [-0.15, -0.1) is 0 Å². The molecule has 1 unspecified atom stereocenters. The van der Waals surface area contributed by atoms with E-state index in [2.05, 4.69) is 75.5 Å². The number of carbonyl (C=O) groups is 3. The minimum Gasteiger partial charge on any atom is -0.462 e. The van der Waals surface area contributed by atoms with Gasteiger partial charge in [-0.1, -0.05) is 226 Å². The maximum absolute atomic E-state index is 12.7. The lowest BCUT2D eigenvalue weighted by Gasteiger charge is -2.18. The third-order valence-corrected chi connectivity index (χ3v) is 9.73. The number of unbranched alkanes of at least 4 members (excludes halogenated alkanes) is 19. The summed E-state index contributed by atoms with van der Waals surface area (Å²) in [5.41, 5.74) is 0. The molecule has 0 amide bonds. The van der Waals surface area contributed by atoms with Crippen molar-refractivity contribution >= 4 is 17.9 Å². The van der Waals surface area contributed by atoms with Gasteiger partial charge in [-0.25, -0.2) is 0 Å². The van der Waals surface area contributed by atoms with E-state index in [9.17, 15) is 14.4 Å². The molecule has 0 radical (unpaired) electrons. The fourth-order valence-corrected chi connectivity index (χ4v) is 6.13. The Bertz CT molecular complexity index is 1280. The number of carbonyl (C=O) groups excluding carboxylic acids is 3. The smallest absolute Gasteiger partial charge is 0.306 e. The summed E-state index contributed by atoms with van der Waals surface area (Å²) in [5.74, 6) is -1.02. The minimum atomic E-state index is -0.824. The van der Waals surface area contributed by atoms with E-state index in [1.165, 1.54) is 70.6 Å². The van der Waals surface area contributed by atoms with E-state index in [-0.39, 0.29) is 31.6 Å². The monoisotopic (exact) mass is 831 g/mol. The van der Waals surface area contributed by atoms with Crippen LogP contribution >= 0.6 is 0 Å². The van der Waals surface area contributed by atoms with Crippen LogP contribution in [0, 0.1) is 0 Å². The van der Waals surface area contributed by atoms with Crippen molar-refractivity contribution in [2.75, 3.05) is 13.2 Å². The molecule has 0 bridgehead atoms. The molecule has 1 atom stereocenters. The van der Waals surface area contributed by atoms with Crippen LogP contribution in [0.1, 0.15) is 194 Å². The number of allylic oxidation sites excluding steroid dienone is 18. The second-order valence-electron chi connectivity index (χ2n) is 15.5. The first kappa shape index (κ1) is 56.1. The predicted molar refractivity (Wildman–Crippen MR) is 256 cm³/mol. The van der Waals surface area contributed by atoms with Gasteiger partial charge in [0, 0.05) is 19.3 Å². The topological polar surface area (TPSA) is 78.9 Å². The third-order valence-electron chi connectivity index (χ3n) is 9.73. The van der Waals surface area contributed by atoms with E-state index in [0.29, 0.717) is 19.3 Å². The average molecular weight is 831 g/mol. The second kappa shape index (κ2) is 47.7. The van der Waals surface area contributed by atoms with Crippen molar-refractivity contribution < 1.29 is 28.6 Å². The van der Waals surface area contributed by atoms with Crippen LogP contribution in [0.25, 0.3) is 0 Å². The molecule has 0 aliphatic heterocycles. The summed E-state index contributed by atoms with van der Waals surface area (Å²) >= 11 is 0.